The summed E-state index contributed by atoms with van der Waals surface area (Å²) >= 11 is 6.97. The van der Waals surface area contributed by atoms with Gasteiger partial charge >= 0.3 is 0 Å². The topological polar surface area (TPSA) is 44.8 Å². The van der Waals surface area contributed by atoms with Crippen LogP contribution in [0.1, 0.15) is 72.0 Å². The van der Waals surface area contributed by atoms with Crippen LogP contribution in [0, 0.1) is 5.92 Å². The molecule has 0 radical (unpaired) electrons. The van der Waals surface area contributed by atoms with Gasteiger partial charge in [0, 0.05) is 75.7 Å². The van der Waals surface area contributed by atoms with E-state index in [9.17, 15) is 4.79 Å². The van der Waals surface area contributed by atoms with Crippen molar-refractivity contribution in [2.24, 2.45) is 5.92 Å². The van der Waals surface area contributed by atoms with Gasteiger partial charge in [-0.3, -0.25) is 9.69 Å². The van der Waals surface area contributed by atoms with E-state index in [1.165, 1.54) is 22.3 Å². The van der Waals surface area contributed by atoms with Gasteiger partial charge in [0.15, 0.2) is 0 Å². The van der Waals surface area contributed by atoms with Crippen molar-refractivity contribution in [3.8, 4) is 11.1 Å². The quantitative estimate of drug-likeness (QED) is 0.219. The lowest BCUT2D eigenvalue weighted by molar-refractivity contribution is 0.0651. The number of nitrogens with zero attached hydrogens (tertiary/aromatic N) is 2. The molecule has 2 aliphatic heterocycles. The van der Waals surface area contributed by atoms with Crippen LogP contribution in [0.25, 0.3) is 11.1 Å². The molecule has 1 N–H and O–H groups in total. The number of nitrogens with one attached hydrogen (secondary N) is 1. The number of likely N-dealkylation sites (tertiary alicyclic amines) is 1. The van der Waals surface area contributed by atoms with Gasteiger partial charge in [-0.2, -0.15) is 0 Å². The van der Waals surface area contributed by atoms with Crippen molar-refractivity contribution in [3.63, 3.8) is 0 Å². The first-order chi connectivity index (χ1) is 21.1. The molecule has 2 heterocycles. The Morgan fingerprint density at radius 1 is 1.00 bits per heavy atom. The monoisotopic (exact) mass is 601 g/mol. The van der Waals surface area contributed by atoms with Gasteiger partial charge in [0.05, 0.1) is 0 Å². The van der Waals surface area contributed by atoms with Crippen LogP contribution in [0.5, 0.6) is 0 Å². The largest absolute Gasteiger partial charge is 0.385 e. The molecule has 2 saturated heterocycles. The van der Waals surface area contributed by atoms with Gasteiger partial charge in [-0.05, 0) is 84.4 Å². The maximum absolute atomic E-state index is 13.8. The molecule has 2 fully saturated rings. The van der Waals surface area contributed by atoms with Crippen LogP contribution in [0.4, 0.5) is 0 Å². The highest BCUT2D eigenvalue weighted by molar-refractivity contribution is 6.33. The normalized spacial score (nSPS) is 18.5. The Balaban J connectivity index is 1.36. The van der Waals surface area contributed by atoms with Gasteiger partial charge in [0.2, 0.25) is 0 Å². The Hall–Kier alpha value is -2.70. The number of ether oxygens (including phenoxy) is 1. The number of carbonyl (C=O) groups is 1. The Morgan fingerprint density at radius 3 is 2.56 bits per heavy atom. The van der Waals surface area contributed by atoms with Crippen LogP contribution in [0.2, 0.25) is 5.02 Å². The molecule has 3 aromatic carbocycles. The summed E-state index contributed by atoms with van der Waals surface area (Å²) in [5, 5.41) is 4.22. The highest BCUT2D eigenvalue weighted by Crippen LogP contribution is 2.43. The van der Waals surface area contributed by atoms with E-state index in [1.807, 2.05) is 18.2 Å². The van der Waals surface area contributed by atoms with E-state index in [2.05, 4.69) is 70.6 Å². The van der Waals surface area contributed by atoms with Crippen LogP contribution in [-0.4, -0.2) is 68.7 Å². The van der Waals surface area contributed by atoms with Gasteiger partial charge in [0.25, 0.3) is 5.91 Å². The molecule has 0 spiro atoms. The molecule has 0 saturated carbocycles. The third-order valence-electron chi connectivity index (χ3n) is 9.31. The third kappa shape index (κ3) is 8.27. The number of unbranched alkanes of at least 4 members (excludes halogenated alkanes) is 1. The summed E-state index contributed by atoms with van der Waals surface area (Å²) in [5.74, 6) is 0.838. The number of methoxy groups -OCH3 is 1. The molecule has 5 nitrogen and oxygen atoms in total. The standard InChI is InChI=1S/C37H48ClN3O2/c1-3-28-9-6-10-31(25-28)36-34(13-7-14-35(36)38)33(12-4-5-24-43-2)32-11-8-21-41(27-32)37(42)30-17-15-29(16-18-30)26-40-22-19-39-20-23-40/h6-7,9-10,13-18,25,32-33,39H,3-5,8,11-12,19-24,26-27H2,1-2H3. The number of aryl methyl sites for hydroxylation is 1. The molecule has 2 unspecified atom stereocenters. The summed E-state index contributed by atoms with van der Waals surface area (Å²) in [6.45, 7) is 9.72. The minimum atomic E-state index is 0.151. The number of piperidine rings is 1. The molecule has 6 heteroatoms. The van der Waals surface area contributed by atoms with Crippen LogP contribution in [0.15, 0.2) is 66.7 Å². The molecule has 3 aromatic rings. The molecule has 0 bridgehead atoms. The van der Waals surface area contributed by atoms with Gasteiger partial charge in [-0.1, -0.05) is 73.5 Å². The van der Waals surface area contributed by atoms with Gasteiger partial charge < -0.3 is 15.0 Å². The van der Waals surface area contributed by atoms with Crippen molar-refractivity contribution < 1.29 is 9.53 Å². The second-order valence-corrected chi connectivity index (χ2v) is 12.6. The van der Waals surface area contributed by atoms with E-state index in [-0.39, 0.29) is 5.91 Å². The lowest BCUT2D eigenvalue weighted by atomic mass is 9.75. The van der Waals surface area contributed by atoms with Crippen LogP contribution in [-0.2, 0) is 17.7 Å². The number of rotatable bonds is 12. The summed E-state index contributed by atoms with van der Waals surface area (Å²) in [6.07, 6.45) is 6.29. The van der Waals surface area contributed by atoms with Crippen molar-refractivity contribution in [1.82, 2.24) is 15.1 Å². The van der Waals surface area contributed by atoms with Crippen molar-refractivity contribution in [2.75, 3.05) is 53.0 Å². The maximum Gasteiger partial charge on any atom is 0.253 e. The summed E-state index contributed by atoms with van der Waals surface area (Å²) in [4.78, 5) is 18.4. The van der Waals surface area contributed by atoms with Crippen molar-refractivity contribution in [3.05, 3.63) is 94.0 Å². The second-order valence-electron chi connectivity index (χ2n) is 12.2. The first kappa shape index (κ1) is 31.7. The molecule has 5 rings (SSSR count). The predicted octanol–water partition coefficient (Wildman–Crippen LogP) is 7.43. The number of carbonyl (C=O) groups excluding carboxylic acids is 1. The van der Waals surface area contributed by atoms with E-state index >= 15 is 0 Å². The Labute approximate surface area is 263 Å². The second kappa shape index (κ2) is 15.9. The fourth-order valence-corrected chi connectivity index (χ4v) is 7.23. The Morgan fingerprint density at radius 2 is 1.79 bits per heavy atom. The van der Waals surface area contributed by atoms with E-state index < -0.39 is 0 Å². The zero-order valence-corrected chi connectivity index (χ0v) is 26.7. The van der Waals surface area contributed by atoms with Gasteiger partial charge in [0.1, 0.15) is 0 Å². The number of hydrogen-bond donors (Lipinski definition) is 1. The molecular formula is C37H48ClN3O2. The van der Waals surface area contributed by atoms with Crippen LogP contribution in [0.3, 0.4) is 0 Å². The summed E-state index contributed by atoms with van der Waals surface area (Å²) in [7, 11) is 1.77. The SMILES string of the molecule is CCc1cccc(-c2c(Cl)cccc2C(CCCCOC)C2CCCN(C(=O)c3ccc(CN4CCNCC4)cc3)C2)c1. The Bertz CT molecular complexity index is 1320. The predicted molar refractivity (Wildman–Crippen MR) is 178 cm³/mol. The van der Waals surface area contributed by atoms with Crippen molar-refractivity contribution in [1.29, 1.82) is 0 Å². The number of benzene rings is 3. The highest BCUT2D eigenvalue weighted by Gasteiger charge is 2.32. The van der Waals surface area contributed by atoms with Gasteiger partial charge in [-0.25, -0.2) is 0 Å². The lowest BCUT2D eigenvalue weighted by Crippen LogP contribution is -2.43. The maximum atomic E-state index is 13.8. The molecule has 1 amide bonds. The zero-order valence-electron chi connectivity index (χ0n) is 26.0. The summed E-state index contributed by atoms with van der Waals surface area (Å²) in [6, 6.07) is 23.5. The van der Waals surface area contributed by atoms with Crippen molar-refractivity contribution in [2.45, 2.75) is 57.9 Å². The minimum Gasteiger partial charge on any atom is -0.385 e. The van der Waals surface area contributed by atoms with E-state index in [1.54, 1.807) is 7.11 Å². The molecule has 2 atom stereocenters. The number of hydrogen-bond acceptors (Lipinski definition) is 4. The average Bonchev–Trinajstić information content (AvgIpc) is 3.05. The average molecular weight is 602 g/mol. The molecular weight excluding hydrogens is 554 g/mol. The van der Waals surface area contributed by atoms with Gasteiger partial charge in [-0.15, -0.1) is 0 Å². The molecule has 2 aliphatic rings. The number of amides is 1. The minimum absolute atomic E-state index is 0.151. The fourth-order valence-electron chi connectivity index (χ4n) is 6.94. The van der Waals surface area contributed by atoms with Crippen LogP contribution >= 0.6 is 11.6 Å². The van der Waals surface area contributed by atoms with Crippen LogP contribution < -0.4 is 5.32 Å². The summed E-state index contributed by atoms with van der Waals surface area (Å²) < 4.78 is 5.38. The highest BCUT2D eigenvalue weighted by atomic mass is 35.5. The van der Waals surface area contributed by atoms with Crippen molar-refractivity contribution >= 4 is 17.5 Å². The number of piperazine rings is 1. The molecule has 43 heavy (non-hydrogen) atoms. The van der Waals surface area contributed by atoms with E-state index in [0.717, 1.165) is 107 Å². The zero-order chi connectivity index (χ0) is 30.0. The molecule has 0 aliphatic carbocycles. The van der Waals surface area contributed by atoms with E-state index in [0.29, 0.717) is 11.8 Å². The third-order valence-corrected chi connectivity index (χ3v) is 9.63. The first-order valence-corrected chi connectivity index (χ1v) is 16.6. The Kier molecular flexibility index (Phi) is 11.7. The smallest absolute Gasteiger partial charge is 0.253 e. The number of halogens is 1. The first-order valence-electron chi connectivity index (χ1n) is 16.2. The summed E-state index contributed by atoms with van der Waals surface area (Å²) in [5.41, 5.74) is 7.03. The molecule has 0 aromatic heterocycles. The van der Waals surface area contributed by atoms with E-state index in [4.69, 9.17) is 16.3 Å². The fraction of sp³-hybridized carbons (Fsp3) is 0.486. The molecule has 230 valence electrons. The lowest BCUT2D eigenvalue weighted by Gasteiger charge is -2.38.